The Morgan fingerprint density at radius 1 is 1.12 bits per heavy atom. The third kappa shape index (κ3) is 4.27. The summed E-state index contributed by atoms with van der Waals surface area (Å²) in [6.07, 6.45) is -0.637. The average Bonchev–Trinajstić information content (AvgIpc) is 3.11. The van der Waals surface area contributed by atoms with Crippen molar-refractivity contribution in [2.75, 3.05) is 13.2 Å². The van der Waals surface area contributed by atoms with Gasteiger partial charge in [-0.2, -0.15) is 4.39 Å². The van der Waals surface area contributed by atoms with Crippen LogP contribution in [0, 0.1) is 27.8 Å². The van der Waals surface area contributed by atoms with Gasteiger partial charge in [0.2, 0.25) is 5.82 Å². The number of nitrogens with one attached hydrogen (secondary N) is 1. The Labute approximate surface area is 188 Å². The lowest BCUT2D eigenvalue weighted by Gasteiger charge is -2.14. The molecule has 0 radical (unpaired) electrons. The lowest BCUT2D eigenvalue weighted by molar-refractivity contribution is -0.387. The van der Waals surface area contributed by atoms with E-state index in [0.717, 1.165) is 34.4 Å². The van der Waals surface area contributed by atoms with E-state index in [-0.39, 0.29) is 29.7 Å². The Hall–Kier alpha value is -3.89. The standard InChI is InChI=1S/C24H16ClFN2O4/c25-21-13-23(28(30)31)22(26)12-15(21)6-5-11-27-24(29)32-14-20-18-9-3-1-7-16(18)17-8-2-4-10-19(17)20/h1-4,7-10,12-13,20H,11,14H2,(H,27,29). The lowest BCUT2D eigenvalue weighted by atomic mass is 9.98. The number of hydrogen-bond acceptors (Lipinski definition) is 4. The van der Waals surface area contributed by atoms with Gasteiger partial charge in [-0.15, -0.1) is 0 Å². The van der Waals surface area contributed by atoms with Crippen LogP contribution in [0.3, 0.4) is 0 Å². The van der Waals surface area contributed by atoms with Gasteiger partial charge in [0.25, 0.3) is 0 Å². The van der Waals surface area contributed by atoms with Gasteiger partial charge in [0.15, 0.2) is 0 Å². The molecule has 0 bridgehead atoms. The van der Waals surface area contributed by atoms with Crippen LogP contribution in [0.2, 0.25) is 5.02 Å². The first-order chi connectivity index (χ1) is 15.5. The molecule has 3 aromatic rings. The van der Waals surface area contributed by atoms with Gasteiger partial charge < -0.3 is 10.1 Å². The van der Waals surface area contributed by atoms with Crippen molar-refractivity contribution < 1.29 is 18.8 Å². The number of halogens is 2. The highest BCUT2D eigenvalue weighted by Crippen LogP contribution is 2.44. The number of nitro benzene ring substituents is 1. The average molecular weight is 451 g/mol. The van der Waals surface area contributed by atoms with Gasteiger partial charge in [0, 0.05) is 17.5 Å². The number of amides is 1. The molecule has 160 valence electrons. The number of fused-ring (bicyclic) bond motifs is 3. The van der Waals surface area contributed by atoms with Gasteiger partial charge in [-0.05, 0) is 28.3 Å². The van der Waals surface area contributed by atoms with Crippen LogP contribution >= 0.6 is 11.6 Å². The van der Waals surface area contributed by atoms with Crippen molar-refractivity contribution in [1.82, 2.24) is 5.32 Å². The maximum Gasteiger partial charge on any atom is 0.407 e. The van der Waals surface area contributed by atoms with Crippen molar-refractivity contribution in [3.05, 3.63) is 98.3 Å². The molecular weight excluding hydrogens is 435 g/mol. The summed E-state index contributed by atoms with van der Waals surface area (Å²) < 4.78 is 19.1. The Morgan fingerprint density at radius 2 is 1.75 bits per heavy atom. The number of ether oxygens (including phenoxy) is 1. The molecule has 32 heavy (non-hydrogen) atoms. The van der Waals surface area contributed by atoms with Crippen LogP contribution in [0.25, 0.3) is 11.1 Å². The molecule has 6 nitrogen and oxygen atoms in total. The zero-order valence-corrected chi connectivity index (χ0v) is 17.4. The van der Waals surface area contributed by atoms with E-state index in [9.17, 15) is 19.3 Å². The van der Waals surface area contributed by atoms with Crippen molar-refractivity contribution >= 4 is 23.4 Å². The normalized spacial score (nSPS) is 11.7. The summed E-state index contributed by atoms with van der Waals surface area (Å²) in [6.45, 7) is 0.109. The van der Waals surface area contributed by atoms with Crippen LogP contribution in [0.1, 0.15) is 22.6 Å². The Morgan fingerprint density at radius 3 is 2.38 bits per heavy atom. The summed E-state index contributed by atoms with van der Waals surface area (Å²) in [6, 6.07) is 17.8. The maximum absolute atomic E-state index is 13.7. The van der Waals surface area contributed by atoms with E-state index in [1.54, 1.807) is 0 Å². The van der Waals surface area contributed by atoms with Crippen LogP contribution in [0.15, 0.2) is 60.7 Å². The lowest BCUT2D eigenvalue weighted by Crippen LogP contribution is -2.26. The van der Waals surface area contributed by atoms with E-state index in [1.165, 1.54) is 0 Å². The van der Waals surface area contributed by atoms with Crippen molar-refractivity contribution in [2.45, 2.75) is 5.92 Å². The van der Waals surface area contributed by atoms with Crippen LogP contribution in [0.5, 0.6) is 0 Å². The molecule has 0 heterocycles. The molecule has 0 saturated carbocycles. The van der Waals surface area contributed by atoms with E-state index >= 15 is 0 Å². The largest absolute Gasteiger partial charge is 0.449 e. The minimum atomic E-state index is -1.03. The fourth-order valence-electron chi connectivity index (χ4n) is 3.68. The van der Waals surface area contributed by atoms with E-state index < -0.39 is 22.5 Å². The Balaban J connectivity index is 1.36. The fraction of sp³-hybridized carbons (Fsp3) is 0.125. The molecule has 1 N–H and O–H groups in total. The zero-order chi connectivity index (χ0) is 22.7. The molecule has 0 aliphatic heterocycles. The second-order valence-corrected chi connectivity index (χ2v) is 7.43. The van der Waals surface area contributed by atoms with Crippen LogP contribution in [-0.4, -0.2) is 24.2 Å². The molecule has 0 fully saturated rings. The topological polar surface area (TPSA) is 81.5 Å². The van der Waals surface area contributed by atoms with Gasteiger partial charge in [-0.3, -0.25) is 10.1 Å². The number of alkyl carbamates (subject to hydrolysis) is 1. The van der Waals surface area contributed by atoms with Gasteiger partial charge in [-0.25, -0.2) is 4.79 Å². The van der Waals surface area contributed by atoms with Crippen molar-refractivity contribution in [3.8, 4) is 23.0 Å². The molecular formula is C24H16ClFN2O4. The molecule has 1 amide bonds. The zero-order valence-electron chi connectivity index (χ0n) is 16.6. The Bertz CT molecular complexity index is 1240. The summed E-state index contributed by atoms with van der Waals surface area (Å²) in [5, 5.41) is 13.2. The van der Waals surface area contributed by atoms with Crippen LogP contribution in [0.4, 0.5) is 14.9 Å². The molecule has 8 heteroatoms. The van der Waals surface area contributed by atoms with Crippen molar-refractivity contribution in [2.24, 2.45) is 0 Å². The SMILES string of the molecule is O=C(NCC#Cc1cc(F)c([N+](=O)[O-])cc1Cl)OCC1c2ccccc2-c2ccccc21. The van der Waals surface area contributed by atoms with E-state index in [4.69, 9.17) is 16.3 Å². The predicted octanol–water partition coefficient (Wildman–Crippen LogP) is 5.28. The number of benzene rings is 3. The van der Waals surface area contributed by atoms with Gasteiger partial charge in [0.05, 0.1) is 16.5 Å². The molecule has 0 spiro atoms. The monoisotopic (exact) mass is 450 g/mol. The third-order valence-electron chi connectivity index (χ3n) is 5.12. The number of rotatable bonds is 4. The van der Waals surface area contributed by atoms with Crippen molar-refractivity contribution in [1.29, 1.82) is 0 Å². The highest BCUT2D eigenvalue weighted by molar-refractivity contribution is 6.32. The summed E-state index contributed by atoms with van der Waals surface area (Å²) in [5.74, 6) is 4.12. The fourth-order valence-corrected chi connectivity index (χ4v) is 3.88. The molecule has 0 unspecified atom stereocenters. The van der Waals surface area contributed by atoms with E-state index in [0.29, 0.717) is 0 Å². The second kappa shape index (κ2) is 9.08. The first-order valence-electron chi connectivity index (χ1n) is 9.67. The van der Waals surface area contributed by atoms with Gasteiger partial charge in [0.1, 0.15) is 6.61 Å². The maximum atomic E-state index is 13.7. The number of carbonyl (C=O) groups excluding carboxylic acids is 1. The molecule has 1 aliphatic carbocycles. The van der Waals surface area contributed by atoms with Gasteiger partial charge in [-0.1, -0.05) is 72.0 Å². The first kappa shape index (κ1) is 21.3. The minimum absolute atomic E-state index is 0.0493. The molecule has 0 atom stereocenters. The molecule has 4 rings (SSSR count). The smallest absolute Gasteiger partial charge is 0.407 e. The summed E-state index contributed by atoms with van der Waals surface area (Å²) in [5.41, 5.74) is 3.85. The molecule has 0 saturated heterocycles. The number of hydrogen-bond donors (Lipinski definition) is 1. The first-order valence-corrected chi connectivity index (χ1v) is 10.0. The summed E-state index contributed by atoms with van der Waals surface area (Å²) in [4.78, 5) is 22.0. The minimum Gasteiger partial charge on any atom is -0.449 e. The molecule has 3 aromatic carbocycles. The quantitative estimate of drug-likeness (QED) is 0.333. The number of nitrogens with zero attached hydrogens (tertiary/aromatic N) is 1. The second-order valence-electron chi connectivity index (χ2n) is 7.02. The van der Waals surface area contributed by atoms with Crippen LogP contribution < -0.4 is 5.32 Å². The summed E-state index contributed by atoms with van der Waals surface area (Å²) in [7, 11) is 0. The number of nitro groups is 1. The summed E-state index contributed by atoms with van der Waals surface area (Å²) >= 11 is 5.91. The molecule has 0 aromatic heterocycles. The molecule has 1 aliphatic rings. The third-order valence-corrected chi connectivity index (χ3v) is 5.43. The highest BCUT2D eigenvalue weighted by Gasteiger charge is 2.28. The van der Waals surface area contributed by atoms with Crippen LogP contribution in [-0.2, 0) is 4.74 Å². The predicted molar refractivity (Wildman–Crippen MR) is 118 cm³/mol. The van der Waals surface area contributed by atoms with E-state index in [1.807, 2.05) is 36.4 Å². The van der Waals surface area contributed by atoms with E-state index in [2.05, 4.69) is 29.3 Å². The highest BCUT2D eigenvalue weighted by atomic mass is 35.5. The number of carbonyl (C=O) groups is 1. The van der Waals surface area contributed by atoms with Crippen molar-refractivity contribution in [3.63, 3.8) is 0 Å². The van der Waals surface area contributed by atoms with Gasteiger partial charge >= 0.3 is 11.8 Å². The Kier molecular flexibility index (Phi) is 6.06.